The van der Waals surface area contributed by atoms with Crippen LogP contribution in [0.3, 0.4) is 0 Å². The predicted molar refractivity (Wildman–Crippen MR) is 76.3 cm³/mol. The summed E-state index contributed by atoms with van der Waals surface area (Å²) in [6.45, 7) is 5.29. The molecule has 1 amide bonds. The fourth-order valence-electron chi connectivity index (χ4n) is 1.83. The van der Waals surface area contributed by atoms with Crippen LogP contribution in [-0.2, 0) is 24.4 Å². The van der Waals surface area contributed by atoms with Crippen molar-refractivity contribution < 1.29 is 4.79 Å². The van der Waals surface area contributed by atoms with Gasteiger partial charge >= 0.3 is 0 Å². The topological polar surface area (TPSA) is 56.0 Å². The van der Waals surface area contributed by atoms with E-state index in [1.54, 1.807) is 33.7 Å². The molecule has 0 radical (unpaired) electrons. The molecule has 0 aliphatic heterocycles. The maximum absolute atomic E-state index is 12.1. The van der Waals surface area contributed by atoms with E-state index < -0.39 is 0 Å². The minimum atomic E-state index is -0.0322. The molecule has 0 aliphatic carbocycles. The van der Waals surface area contributed by atoms with Crippen LogP contribution in [0.15, 0.2) is 18.6 Å². The number of carbonyl (C=O) groups excluding carboxylic acids is 1. The van der Waals surface area contributed by atoms with Gasteiger partial charge in [-0.05, 0) is 19.4 Å². The smallest absolute Gasteiger partial charge is 0.244 e. The van der Waals surface area contributed by atoms with Crippen molar-refractivity contribution in [3.8, 4) is 0 Å². The van der Waals surface area contributed by atoms with Crippen LogP contribution in [0.2, 0.25) is 5.02 Å². The fraction of sp³-hybridized carbons (Fsp3) is 0.462. The van der Waals surface area contributed by atoms with Crippen molar-refractivity contribution in [1.29, 1.82) is 0 Å². The van der Waals surface area contributed by atoms with E-state index in [1.807, 2.05) is 20.0 Å². The lowest BCUT2D eigenvalue weighted by molar-refractivity contribution is -0.131. The molecule has 2 aromatic rings. The predicted octanol–water partition coefficient (Wildman–Crippen LogP) is 1.72. The van der Waals surface area contributed by atoms with Crippen LogP contribution in [-0.4, -0.2) is 37.4 Å². The third-order valence-corrected chi connectivity index (χ3v) is 3.30. The molecule has 2 aromatic heterocycles. The van der Waals surface area contributed by atoms with E-state index in [1.165, 1.54) is 0 Å². The van der Waals surface area contributed by atoms with Gasteiger partial charge in [-0.25, -0.2) is 0 Å². The second-order valence-electron chi connectivity index (χ2n) is 4.74. The molecular weight excluding hydrogens is 278 g/mol. The first-order valence-corrected chi connectivity index (χ1v) is 6.82. The van der Waals surface area contributed by atoms with Gasteiger partial charge in [-0.1, -0.05) is 11.6 Å². The minimum Gasteiger partial charge on any atom is -0.338 e. The Hall–Kier alpha value is -1.82. The highest BCUT2D eigenvalue weighted by Gasteiger charge is 2.14. The molecule has 0 aliphatic rings. The fourth-order valence-corrected chi connectivity index (χ4v) is 2.04. The van der Waals surface area contributed by atoms with Gasteiger partial charge in [0.05, 0.1) is 17.8 Å². The number of hydrogen-bond acceptors (Lipinski definition) is 3. The molecule has 20 heavy (non-hydrogen) atoms. The number of carbonyl (C=O) groups is 1. The molecule has 0 N–H and O–H groups in total. The van der Waals surface area contributed by atoms with E-state index in [9.17, 15) is 4.79 Å². The number of likely N-dealkylation sites (N-methyl/N-ethyl adjacent to an activating group) is 1. The summed E-state index contributed by atoms with van der Waals surface area (Å²) < 4.78 is 3.38. The molecule has 0 aromatic carbocycles. The average molecular weight is 296 g/mol. The maximum Gasteiger partial charge on any atom is 0.244 e. The van der Waals surface area contributed by atoms with Gasteiger partial charge in [0.2, 0.25) is 5.91 Å². The Morgan fingerprint density at radius 2 is 2.15 bits per heavy atom. The molecule has 6 nitrogen and oxygen atoms in total. The molecular formula is C13H18ClN5O. The van der Waals surface area contributed by atoms with Gasteiger partial charge in [-0.3, -0.25) is 14.2 Å². The number of amides is 1. The molecule has 2 heterocycles. The summed E-state index contributed by atoms with van der Waals surface area (Å²) in [6.07, 6.45) is 5.34. The highest BCUT2D eigenvalue weighted by atomic mass is 35.5. The highest BCUT2D eigenvalue weighted by Crippen LogP contribution is 2.15. The van der Waals surface area contributed by atoms with Crippen molar-refractivity contribution in [2.75, 3.05) is 7.05 Å². The largest absolute Gasteiger partial charge is 0.338 e. The molecule has 7 heteroatoms. The molecule has 0 spiro atoms. The lowest BCUT2D eigenvalue weighted by Gasteiger charge is -2.16. The van der Waals surface area contributed by atoms with E-state index in [0.717, 1.165) is 12.1 Å². The highest BCUT2D eigenvalue weighted by molar-refractivity contribution is 6.31. The molecule has 0 atom stereocenters. The quantitative estimate of drug-likeness (QED) is 0.844. The van der Waals surface area contributed by atoms with E-state index in [4.69, 9.17) is 11.6 Å². The molecule has 0 unspecified atom stereocenters. The van der Waals surface area contributed by atoms with Gasteiger partial charge in [0, 0.05) is 26.0 Å². The summed E-state index contributed by atoms with van der Waals surface area (Å²) in [5, 5.41) is 9.02. The monoisotopic (exact) mass is 295 g/mol. The van der Waals surface area contributed by atoms with E-state index in [-0.39, 0.29) is 12.5 Å². The summed E-state index contributed by atoms with van der Waals surface area (Å²) in [7, 11) is 1.74. The second kappa shape index (κ2) is 6.09. The summed E-state index contributed by atoms with van der Waals surface area (Å²) in [5.74, 6) is -0.0322. The third kappa shape index (κ3) is 3.39. The van der Waals surface area contributed by atoms with Crippen molar-refractivity contribution >= 4 is 17.5 Å². The summed E-state index contributed by atoms with van der Waals surface area (Å²) in [5.41, 5.74) is 1.74. The lowest BCUT2D eigenvalue weighted by Crippen LogP contribution is -2.30. The summed E-state index contributed by atoms with van der Waals surface area (Å²) in [4.78, 5) is 13.7. The summed E-state index contributed by atoms with van der Waals surface area (Å²) >= 11 is 6.10. The van der Waals surface area contributed by atoms with Crippen molar-refractivity contribution in [3.63, 3.8) is 0 Å². The average Bonchev–Trinajstić information content (AvgIpc) is 2.96. The van der Waals surface area contributed by atoms with Crippen molar-refractivity contribution in [2.24, 2.45) is 0 Å². The zero-order valence-electron chi connectivity index (χ0n) is 11.9. The molecule has 2 rings (SSSR count). The maximum atomic E-state index is 12.1. The van der Waals surface area contributed by atoms with Gasteiger partial charge in [0.15, 0.2) is 0 Å². The Bertz CT molecular complexity index is 604. The van der Waals surface area contributed by atoms with E-state index in [2.05, 4.69) is 10.2 Å². The Morgan fingerprint density at radius 1 is 1.40 bits per heavy atom. The number of nitrogens with zero attached hydrogens (tertiary/aromatic N) is 5. The standard InChI is InChI=1S/C13H18ClN5O/c1-4-18-7-11(14)12(16-18)8-17(3)13(20)9-19-6-10(2)5-15-19/h5-7H,4,8-9H2,1-3H3. The van der Waals surface area contributed by atoms with Crippen LogP contribution in [0, 0.1) is 6.92 Å². The molecule has 108 valence electrons. The molecule has 0 fully saturated rings. The number of aryl methyl sites for hydroxylation is 2. The van der Waals surface area contributed by atoms with Crippen LogP contribution in [0.5, 0.6) is 0 Å². The normalized spacial score (nSPS) is 10.8. The Labute approximate surface area is 122 Å². The van der Waals surface area contributed by atoms with Crippen molar-refractivity contribution in [2.45, 2.75) is 33.5 Å². The molecule has 0 saturated heterocycles. The first-order valence-electron chi connectivity index (χ1n) is 6.44. The van der Waals surface area contributed by atoms with Gasteiger partial charge in [0.25, 0.3) is 0 Å². The zero-order chi connectivity index (χ0) is 14.7. The van der Waals surface area contributed by atoms with Gasteiger partial charge < -0.3 is 4.90 Å². The zero-order valence-corrected chi connectivity index (χ0v) is 12.6. The third-order valence-electron chi connectivity index (χ3n) is 2.98. The molecule has 0 bridgehead atoms. The van der Waals surface area contributed by atoms with Crippen molar-refractivity contribution in [1.82, 2.24) is 24.5 Å². The number of rotatable bonds is 5. The summed E-state index contributed by atoms with van der Waals surface area (Å²) in [6, 6.07) is 0. The second-order valence-corrected chi connectivity index (χ2v) is 5.15. The van der Waals surface area contributed by atoms with E-state index >= 15 is 0 Å². The van der Waals surface area contributed by atoms with Crippen LogP contribution in [0.25, 0.3) is 0 Å². The van der Waals surface area contributed by atoms with Crippen molar-refractivity contribution in [3.05, 3.63) is 34.9 Å². The Morgan fingerprint density at radius 3 is 2.70 bits per heavy atom. The van der Waals surface area contributed by atoms with Crippen LogP contribution in [0.4, 0.5) is 0 Å². The van der Waals surface area contributed by atoms with Gasteiger partial charge in [-0.15, -0.1) is 0 Å². The van der Waals surface area contributed by atoms with Gasteiger partial charge in [0.1, 0.15) is 12.2 Å². The SMILES string of the molecule is CCn1cc(Cl)c(CN(C)C(=O)Cn2cc(C)cn2)n1. The minimum absolute atomic E-state index is 0.0322. The first-order chi connectivity index (χ1) is 9.49. The van der Waals surface area contributed by atoms with E-state index in [0.29, 0.717) is 17.3 Å². The van der Waals surface area contributed by atoms with Gasteiger partial charge in [-0.2, -0.15) is 10.2 Å². The number of hydrogen-bond donors (Lipinski definition) is 0. The van der Waals surface area contributed by atoms with Crippen LogP contribution >= 0.6 is 11.6 Å². The molecule has 0 saturated carbocycles. The number of halogens is 1. The number of aromatic nitrogens is 4. The van der Waals surface area contributed by atoms with Crippen LogP contribution in [0.1, 0.15) is 18.2 Å². The Balaban J connectivity index is 1.98. The Kier molecular flexibility index (Phi) is 4.44. The first kappa shape index (κ1) is 14.6. The lowest BCUT2D eigenvalue weighted by atomic mass is 10.4. The van der Waals surface area contributed by atoms with Crippen LogP contribution < -0.4 is 0 Å².